The minimum atomic E-state index is 0.601. The molecule has 2 fully saturated rings. The third kappa shape index (κ3) is 5.22. The normalized spacial score (nSPS) is 26.1. The van der Waals surface area contributed by atoms with E-state index >= 15 is 0 Å². The van der Waals surface area contributed by atoms with Gasteiger partial charge in [-0.2, -0.15) is 0 Å². The van der Waals surface area contributed by atoms with Crippen molar-refractivity contribution in [2.45, 2.75) is 77.9 Å². The Morgan fingerprint density at radius 3 is 2.10 bits per heavy atom. The number of hydrogen-bond donors (Lipinski definition) is 1. The number of nitrogens with one attached hydrogen (secondary N) is 1. The highest BCUT2D eigenvalue weighted by atomic mass is 15.2. The first kappa shape index (κ1) is 17.2. The summed E-state index contributed by atoms with van der Waals surface area (Å²) in [5.74, 6) is 0.735. The minimum absolute atomic E-state index is 0.601. The molecule has 3 heteroatoms. The van der Waals surface area contributed by atoms with E-state index in [-0.39, 0.29) is 0 Å². The van der Waals surface area contributed by atoms with Crippen LogP contribution in [-0.4, -0.2) is 60.6 Å². The van der Waals surface area contributed by atoms with Crippen LogP contribution in [0.3, 0.4) is 0 Å². The number of rotatable bonds is 6. The summed E-state index contributed by atoms with van der Waals surface area (Å²) in [7, 11) is 0. The maximum atomic E-state index is 3.59. The van der Waals surface area contributed by atoms with Crippen molar-refractivity contribution in [3.05, 3.63) is 0 Å². The van der Waals surface area contributed by atoms with Crippen molar-refractivity contribution in [3.8, 4) is 0 Å². The first-order valence-electron chi connectivity index (χ1n) is 9.29. The van der Waals surface area contributed by atoms with E-state index in [1.807, 2.05) is 0 Å². The lowest BCUT2D eigenvalue weighted by molar-refractivity contribution is 0.0623. The topological polar surface area (TPSA) is 18.5 Å². The molecule has 2 atom stereocenters. The van der Waals surface area contributed by atoms with Crippen LogP contribution in [0.1, 0.15) is 59.8 Å². The molecule has 0 aromatic heterocycles. The van der Waals surface area contributed by atoms with Crippen LogP contribution in [0, 0.1) is 5.92 Å². The minimum Gasteiger partial charge on any atom is -0.314 e. The van der Waals surface area contributed by atoms with Crippen molar-refractivity contribution < 1.29 is 0 Å². The maximum absolute atomic E-state index is 3.59. The zero-order valence-corrected chi connectivity index (χ0v) is 14.8. The Morgan fingerprint density at radius 1 is 0.905 bits per heavy atom. The van der Waals surface area contributed by atoms with E-state index in [2.05, 4.69) is 42.8 Å². The summed E-state index contributed by atoms with van der Waals surface area (Å²) < 4.78 is 0. The SMILES string of the molecule is CC(C)NCC(C)C(C)N1CCC(N2CCCCC2)CC1. The second kappa shape index (κ2) is 8.50. The van der Waals surface area contributed by atoms with Crippen LogP contribution in [0.15, 0.2) is 0 Å². The van der Waals surface area contributed by atoms with Gasteiger partial charge in [-0.3, -0.25) is 0 Å². The first-order valence-corrected chi connectivity index (χ1v) is 9.29. The van der Waals surface area contributed by atoms with E-state index in [0.29, 0.717) is 12.1 Å². The second-order valence-corrected chi connectivity index (χ2v) is 7.64. The molecule has 0 amide bonds. The Balaban J connectivity index is 1.72. The van der Waals surface area contributed by atoms with Crippen LogP contribution in [0.25, 0.3) is 0 Å². The molecule has 21 heavy (non-hydrogen) atoms. The molecule has 0 aromatic rings. The van der Waals surface area contributed by atoms with Gasteiger partial charge in [-0.25, -0.2) is 0 Å². The Morgan fingerprint density at radius 2 is 1.52 bits per heavy atom. The Hall–Kier alpha value is -0.120. The zero-order valence-electron chi connectivity index (χ0n) is 14.8. The summed E-state index contributed by atoms with van der Waals surface area (Å²) in [5, 5.41) is 3.59. The number of piperidine rings is 2. The average molecular weight is 296 g/mol. The summed E-state index contributed by atoms with van der Waals surface area (Å²) in [6, 6.07) is 2.18. The molecule has 124 valence electrons. The van der Waals surface area contributed by atoms with Crippen molar-refractivity contribution in [1.82, 2.24) is 15.1 Å². The van der Waals surface area contributed by atoms with Gasteiger partial charge in [0, 0.05) is 18.1 Å². The number of hydrogen-bond acceptors (Lipinski definition) is 3. The molecule has 2 heterocycles. The fourth-order valence-electron chi connectivity index (χ4n) is 3.89. The maximum Gasteiger partial charge on any atom is 0.0120 e. The summed E-state index contributed by atoms with van der Waals surface area (Å²) in [6.07, 6.45) is 7.07. The van der Waals surface area contributed by atoms with Gasteiger partial charge in [-0.15, -0.1) is 0 Å². The van der Waals surface area contributed by atoms with Gasteiger partial charge < -0.3 is 15.1 Å². The molecule has 0 aromatic carbocycles. The summed E-state index contributed by atoms with van der Waals surface area (Å²) in [4.78, 5) is 5.50. The van der Waals surface area contributed by atoms with Gasteiger partial charge in [-0.05, 0) is 71.2 Å². The molecular formula is C18H37N3. The molecule has 0 aliphatic carbocycles. The molecule has 0 radical (unpaired) electrons. The summed E-state index contributed by atoms with van der Waals surface area (Å²) >= 11 is 0. The standard InChI is InChI=1S/C18H37N3/c1-15(2)19-14-16(3)17(4)20-12-8-18(9-13-20)21-10-6-5-7-11-21/h15-19H,5-14H2,1-4H3. The summed E-state index contributed by atoms with van der Waals surface area (Å²) in [5.41, 5.74) is 0. The molecule has 0 spiro atoms. The monoisotopic (exact) mass is 295 g/mol. The molecule has 0 bridgehead atoms. The second-order valence-electron chi connectivity index (χ2n) is 7.64. The fourth-order valence-corrected chi connectivity index (χ4v) is 3.89. The van der Waals surface area contributed by atoms with Crippen LogP contribution >= 0.6 is 0 Å². The lowest BCUT2D eigenvalue weighted by Gasteiger charge is -2.43. The number of nitrogens with zero attached hydrogens (tertiary/aromatic N) is 2. The molecule has 2 unspecified atom stereocenters. The smallest absolute Gasteiger partial charge is 0.0120 e. The van der Waals surface area contributed by atoms with Crippen molar-refractivity contribution >= 4 is 0 Å². The lowest BCUT2D eigenvalue weighted by atomic mass is 9.95. The van der Waals surface area contributed by atoms with E-state index in [0.717, 1.165) is 18.5 Å². The first-order chi connectivity index (χ1) is 10.1. The Bertz CT molecular complexity index is 278. The van der Waals surface area contributed by atoms with Gasteiger partial charge >= 0.3 is 0 Å². The molecule has 0 saturated carbocycles. The zero-order chi connectivity index (χ0) is 15.2. The van der Waals surface area contributed by atoms with Crippen molar-refractivity contribution in [2.75, 3.05) is 32.7 Å². The quantitative estimate of drug-likeness (QED) is 0.813. The molecule has 3 nitrogen and oxygen atoms in total. The largest absolute Gasteiger partial charge is 0.314 e. The van der Waals surface area contributed by atoms with Crippen molar-refractivity contribution in [1.29, 1.82) is 0 Å². The number of likely N-dealkylation sites (tertiary alicyclic amines) is 2. The van der Waals surface area contributed by atoms with Crippen LogP contribution in [-0.2, 0) is 0 Å². The predicted octanol–water partition coefficient (Wildman–Crippen LogP) is 2.96. The van der Waals surface area contributed by atoms with Gasteiger partial charge in [0.05, 0.1) is 0 Å². The van der Waals surface area contributed by atoms with Gasteiger partial charge in [-0.1, -0.05) is 27.2 Å². The lowest BCUT2D eigenvalue weighted by Crippen LogP contribution is -2.51. The molecular weight excluding hydrogens is 258 g/mol. The van der Waals surface area contributed by atoms with Crippen molar-refractivity contribution in [3.63, 3.8) is 0 Å². The molecule has 2 aliphatic heterocycles. The summed E-state index contributed by atoms with van der Waals surface area (Å²) in [6.45, 7) is 15.8. The Kier molecular flexibility index (Phi) is 6.97. The van der Waals surface area contributed by atoms with E-state index in [1.165, 1.54) is 58.3 Å². The molecule has 1 N–H and O–H groups in total. The molecule has 2 rings (SSSR count). The van der Waals surface area contributed by atoms with E-state index in [1.54, 1.807) is 0 Å². The van der Waals surface area contributed by atoms with Crippen LogP contribution < -0.4 is 5.32 Å². The van der Waals surface area contributed by atoms with Gasteiger partial charge in [0.1, 0.15) is 0 Å². The van der Waals surface area contributed by atoms with Crippen LogP contribution in [0.4, 0.5) is 0 Å². The highest BCUT2D eigenvalue weighted by Gasteiger charge is 2.29. The van der Waals surface area contributed by atoms with E-state index in [4.69, 9.17) is 0 Å². The highest BCUT2D eigenvalue weighted by molar-refractivity contribution is 4.85. The van der Waals surface area contributed by atoms with E-state index < -0.39 is 0 Å². The average Bonchev–Trinajstić information content (AvgIpc) is 2.53. The third-order valence-electron chi connectivity index (χ3n) is 5.65. The van der Waals surface area contributed by atoms with Gasteiger partial charge in [0.2, 0.25) is 0 Å². The highest BCUT2D eigenvalue weighted by Crippen LogP contribution is 2.23. The molecule has 2 aliphatic rings. The third-order valence-corrected chi connectivity index (χ3v) is 5.65. The fraction of sp³-hybridized carbons (Fsp3) is 1.00. The Labute approximate surface area is 132 Å². The van der Waals surface area contributed by atoms with Gasteiger partial charge in [0.25, 0.3) is 0 Å². The van der Waals surface area contributed by atoms with E-state index in [9.17, 15) is 0 Å². The predicted molar refractivity (Wildman–Crippen MR) is 91.8 cm³/mol. The van der Waals surface area contributed by atoms with Gasteiger partial charge in [0.15, 0.2) is 0 Å². The van der Waals surface area contributed by atoms with Crippen LogP contribution in [0.5, 0.6) is 0 Å². The van der Waals surface area contributed by atoms with Crippen LogP contribution in [0.2, 0.25) is 0 Å². The molecule has 2 saturated heterocycles. The van der Waals surface area contributed by atoms with Crippen molar-refractivity contribution in [2.24, 2.45) is 5.92 Å².